The first-order valence-electron chi connectivity index (χ1n) is 6.82. The molecule has 2 aromatic carbocycles. The average molecular weight is 314 g/mol. The van der Waals surface area contributed by atoms with Crippen molar-refractivity contribution in [2.24, 2.45) is 0 Å². The first-order chi connectivity index (χ1) is 11.1. The summed E-state index contributed by atoms with van der Waals surface area (Å²) < 4.78 is 37.0. The lowest BCUT2D eigenvalue weighted by Gasteiger charge is -1.98. The number of para-hydroxylation sites is 1. The maximum atomic E-state index is 13.5. The van der Waals surface area contributed by atoms with Crippen LogP contribution in [0.4, 0.5) is 8.78 Å². The van der Waals surface area contributed by atoms with E-state index in [0.29, 0.717) is 11.3 Å². The number of rotatable bonds is 4. The van der Waals surface area contributed by atoms with Crippen LogP contribution in [0.25, 0.3) is 17.0 Å². The fourth-order valence-corrected chi connectivity index (χ4v) is 2.20. The van der Waals surface area contributed by atoms with E-state index in [1.165, 1.54) is 25.3 Å². The summed E-state index contributed by atoms with van der Waals surface area (Å²) in [5, 5.41) is 0.731. The minimum Gasteiger partial charge on any atom is -0.493 e. The number of carbonyl (C=O) groups excluding carboxylic acids is 1. The zero-order valence-corrected chi connectivity index (χ0v) is 12.2. The Morgan fingerprint density at radius 2 is 2.00 bits per heavy atom. The van der Waals surface area contributed by atoms with Gasteiger partial charge in [-0.25, -0.2) is 8.78 Å². The van der Waals surface area contributed by atoms with Gasteiger partial charge in [0, 0.05) is 17.0 Å². The van der Waals surface area contributed by atoms with Gasteiger partial charge in [0.1, 0.15) is 11.6 Å². The summed E-state index contributed by atoms with van der Waals surface area (Å²) in [6.07, 6.45) is 2.46. The molecule has 116 valence electrons. The monoisotopic (exact) mass is 314 g/mol. The number of hydrogen-bond donors (Lipinski definition) is 0. The molecule has 5 heteroatoms. The molecule has 0 saturated carbocycles. The smallest absolute Gasteiger partial charge is 0.221 e. The summed E-state index contributed by atoms with van der Waals surface area (Å²) in [4.78, 5) is 12.1. The van der Waals surface area contributed by atoms with E-state index in [1.807, 2.05) is 0 Å². The molecule has 0 radical (unpaired) electrons. The highest BCUT2D eigenvalue weighted by molar-refractivity contribution is 6.07. The Hall–Kier alpha value is -2.95. The fourth-order valence-electron chi connectivity index (χ4n) is 2.20. The maximum Gasteiger partial charge on any atom is 0.221 e. The molecule has 0 saturated heterocycles. The minimum absolute atomic E-state index is 0.114. The number of fused-ring (bicyclic) bond motifs is 1. The van der Waals surface area contributed by atoms with Crippen molar-refractivity contribution in [1.82, 2.24) is 0 Å². The van der Waals surface area contributed by atoms with Gasteiger partial charge in [-0.15, -0.1) is 0 Å². The van der Waals surface area contributed by atoms with Crippen molar-refractivity contribution in [2.75, 3.05) is 7.11 Å². The topological polar surface area (TPSA) is 39.4 Å². The molecule has 0 fully saturated rings. The number of hydrogen-bond acceptors (Lipinski definition) is 3. The maximum absolute atomic E-state index is 13.5. The number of ketones is 1. The first-order valence-corrected chi connectivity index (χ1v) is 6.82. The largest absolute Gasteiger partial charge is 0.493 e. The van der Waals surface area contributed by atoms with Crippen molar-refractivity contribution in [1.29, 1.82) is 0 Å². The molecule has 0 spiro atoms. The molecular formula is C18H12F2O3. The van der Waals surface area contributed by atoms with Gasteiger partial charge in [0.25, 0.3) is 0 Å². The predicted molar refractivity (Wildman–Crippen MR) is 82.5 cm³/mol. The highest BCUT2D eigenvalue weighted by Crippen LogP contribution is 2.28. The van der Waals surface area contributed by atoms with Crippen molar-refractivity contribution in [3.63, 3.8) is 0 Å². The Balaban J connectivity index is 1.90. The SMILES string of the molecule is COc1cccc2cc(C(=O)/C=C/c3ccc(F)cc3F)oc12. The first kappa shape index (κ1) is 15.0. The van der Waals surface area contributed by atoms with Crippen molar-refractivity contribution < 1.29 is 22.7 Å². The molecule has 1 aromatic heterocycles. The van der Waals surface area contributed by atoms with Gasteiger partial charge in [-0.05, 0) is 36.4 Å². The number of carbonyl (C=O) groups is 1. The van der Waals surface area contributed by atoms with E-state index in [1.54, 1.807) is 24.3 Å². The van der Waals surface area contributed by atoms with Crippen LogP contribution in [-0.4, -0.2) is 12.9 Å². The van der Waals surface area contributed by atoms with Crippen LogP contribution in [-0.2, 0) is 0 Å². The van der Waals surface area contributed by atoms with E-state index in [2.05, 4.69) is 0 Å². The lowest BCUT2D eigenvalue weighted by molar-refractivity contribution is 0.102. The summed E-state index contributed by atoms with van der Waals surface area (Å²) in [6, 6.07) is 10.0. The van der Waals surface area contributed by atoms with Gasteiger partial charge >= 0.3 is 0 Å². The van der Waals surface area contributed by atoms with Crippen LogP contribution >= 0.6 is 0 Å². The third kappa shape index (κ3) is 2.99. The van der Waals surface area contributed by atoms with Crippen LogP contribution in [0.15, 0.2) is 53.0 Å². The molecule has 23 heavy (non-hydrogen) atoms. The normalized spacial score (nSPS) is 11.3. The molecule has 0 aliphatic heterocycles. The molecule has 3 aromatic rings. The Bertz CT molecular complexity index is 910. The third-order valence-corrected chi connectivity index (χ3v) is 3.35. The average Bonchev–Trinajstić information content (AvgIpc) is 2.98. The summed E-state index contributed by atoms with van der Waals surface area (Å²) in [5.41, 5.74) is 0.591. The zero-order valence-electron chi connectivity index (χ0n) is 12.2. The molecule has 0 bridgehead atoms. The molecule has 0 unspecified atom stereocenters. The standard InChI is InChI=1S/C18H12F2O3/c1-22-16-4-2-3-12-9-17(23-18(12)16)15(21)8-6-11-5-7-13(19)10-14(11)20/h2-10H,1H3/b8-6+. The number of ether oxygens (including phenoxy) is 1. The zero-order chi connectivity index (χ0) is 16.4. The van der Waals surface area contributed by atoms with Crippen LogP contribution in [0.3, 0.4) is 0 Å². The Morgan fingerprint density at radius 1 is 1.17 bits per heavy atom. The number of methoxy groups -OCH3 is 1. The van der Waals surface area contributed by atoms with Crippen molar-refractivity contribution in [2.45, 2.75) is 0 Å². The van der Waals surface area contributed by atoms with Crippen molar-refractivity contribution in [3.05, 3.63) is 71.5 Å². The van der Waals surface area contributed by atoms with Gasteiger partial charge in [-0.2, -0.15) is 0 Å². The van der Waals surface area contributed by atoms with Crippen LogP contribution in [0.2, 0.25) is 0 Å². The molecule has 3 nitrogen and oxygen atoms in total. The van der Waals surface area contributed by atoms with Crippen LogP contribution in [0, 0.1) is 11.6 Å². The van der Waals surface area contributed by atoms with Crippen LogP contribution < -0.4 is 4.74 Å². The predicted octanol–water partition coefficient (Wildman–Crippen LogP) is 4.62. The Morgan fingerprint density at radius 3 is 2.74 bits per heavy atom. The highest BCUT2D eigenvalue weighted by atomic mass is 19.1. The molecule has 0 N–H and O–H groups in total. The van der Waals surface area contributed by atoms with Crippen molar-refractivity contribution >= 4 is 22.8 Å². The van der Waals surface area contributed by atoms with Crippen molar-refractivity contribution in [3.8, 4) is 5.75 Å². The number of allylic oxidation sites excluding steroid dienone is 1. The van der Waals surface area contributed by atoms with E-state index in [4.69, 9.17) is 9.15 Å². The van der Waals surface area contributed by atoms with Gasteiger partial charge in [-0.3, -0.25) is 4.79 Å². The molecule has 1 heterocycles. The second kappa shape index (κ2) is 6.04. The molecule has 0 aliphatic rings. The second-order valence-electron chi connectivity index (χ2n) is 4.85. The van der Waals surface area contributed by atoms with E-state index in [0.717, 1.165) is 17.5 Å². The molecule has 0 amide bonds. The van der Waals surface area contributed by atoms with E-state index in [-0.39, 0.29) is 11.3 Å². The Kier molecular flexibility index (Phi) is 3.93. The van der Waals surface area contributed by atoms with Gasteiger partial charge < -0.3 is 9.15 Å². The Labute approximate surface area is 130 Å². The van der Waals surface area contributed by atoms with E-state index < -0.39 is 17.4 Å². The lowest BCUT2D eigenvalue weighted by Crippen LogP contribution is -1.91. The third-order valence-electron chi connectivity index (χ3n) is 3.35. The number of furan rings is 1. The van der Waals surface area contributed by atoms with Gasteiger partial charge in [0.15, 0.2) is 17.1 Å². The lowest BCUT2D eigenvalue weighted by atomic mass is 10.1. The van der Waals surface area contributed by atoms with E-state index in [9.17, 15) is 13.6 Å². The van der Waals surface area contributed by atoms with E-state index >= 15 is 0 Å². The summed E-state index contributed by atoms with van der Waals surface area (Å²) in [6.45, 7) is 0. The van der Waals surface area contributed by atoms with Crippen LogP contribution in [0.5, 0.6) is 5.75 Å². The summed E-state index contributed by atoms with van der Waals surface area (Å²) in [5.74, 6) is -1.19. The molecular weight excluding hydrogens is 302 g/mol. The van der Waals surface area contributed by atoms with Gasteiger partial charge in [0.2, 0.25) is 5.78 Å². The van der Waals surface area contributed by atoms with Gasteiger partial charge in [-0.1, -0.05) is 12.1 Å². The summed E-state index contributed by atoms with van der Waals surface area (Å²) in [7, 11) is 1.51. The van der Waals surface area contributed by atoms with Crippen LogP contribution in [0.1, 0.15) is 16.1 Å². The highest BCUT2D eigenvalue weighted by Gasteiger charge is 2.13. The fraction of sp³-hybridized carbons (Fsp3) is 0.0556. The van der Waals surface area contributed by atoms with Gasteiger partial charge in [0.05, 0.1) is 7.11 Å². The molecule has 0 atom stereocenters. The molecule has 3 rings (SSSR count). The number of benzene rings is 2. The second-order valence-corrected chi connectivity index (χ2v) is 4.85. The molecule has 0 aliphatic carbocycles. The number of halogens is 2. The quantitative estimate of drug-likeness (QED) is 0.521. The minimum atomic E-state index is -0.736. The summed E-state index contributed by atoms with van der Waals surface area (Å²) >= 11 is 0.